The summed E-state index contributed by atoms with van der Waals surface area (Å²) >= 11 is 0. The average molecular weight is 465 g/mol. The van der Waals surface area contributed by atoms with E-state index in [1.54, 1.807) is 27.7 Å². The number of hydrogen-bond acceptors (Lipinski definition) is 7. The summed E-state index contributed by atoms with van der Waals surface area (Å²) in [5.74, 6) is 0.174. The highest BCUT2D eigenvalue weighted by Crippen LogP contribution is 2.50. The monoisotopic (exact) mass is 464 g/mol. The third-order valence-corrected chi connectivity index (χ3v) is 7.26. The maximum Gasteiger partial charge on any atom is 0.319 e. The number of aryl methyl sites for hydroxylation is 1. The van der Waals surface area contributed by atoms with Crippen molar-refractivity contribution in [2.24, 2.45) is 0 Å². The van der Waals surface area contributed by atoms with Crippen LogP contribution in [0.25, 0.3) is 0 Å². The fourth-order valence-corrected chi connectivity index (χ4v) is 4.97. The molecular formula is C24H37N2O5P. The van der Waals surface area contributed by atoms with Crippen LogP contribution in [0.5, 0.6) is 0 Å². The van der Waals surface area contributed by atoms with Gasteiger partial charge in [-0.15, -0.1) is 0 Å². The molecule has 2 atom stereocenters. The van der Waals surface area contributed by atoms with E-state index in [2.05, 4.69) is 41.3 Å². The molecule has 0 radical (unpaired) electrons. The number of nitrogens with zero attached hydrogens (tertiary/aromatic N) is 2. The zero-order valence-corrected chi connectivity index (χ0v) is 21.1. The van der Waals surface area contributed by atoms with Crippen LogP contribution in [0.1, 0.15) is 76.7 Å². The minimum Gasteiger partial charge on any atom is -0.459 e. The third kappa shape index (κ3) is 8.51. The van der Waals surface area contributed by atoms with Gasteiger partial charge in [-0.25, -0.2) is 0 Å². The highest BCUT2D eigenvalue weighted by atomic mass is 31.2. The maximum atomic E-state index is 13.1. The third-order valence-electron chi connectivity index (χ3n) is 4.96. The Kier molecular flexibility index (Phi) is 9.65. The molecule has 2 aromatic rings. The molecule has 0 spiro atoms. The van der Waals surface area contributed by atoms with E-state index in [0.717, 1.165) is 12.0 Å². The molecule has 0 amide bonds. The molecule has 0 aliphatic heterocycles. The van der Waals surface area contributed by atoms with Gasteiger partial charge in [-0.3, -0.25) is 9.36 Å². The lowest BCUT2D eigenvalue weighted by molar-refractivity contribution is -0.154. The van der Waals surface area contributed by atoms with Crippen LogP contribution in [-0.2, 0) is 37.9 Å². The fourth-order valence-electron chi connectivity index (χ4n) is 3.35. The standard InChI is InChI=1S/C24H37N2O5P/c1-7-9-10-11-18-12-14-19(15-13-18)16-21-25-22(31-26-21)17-20(32(6,28)29-8-2)23(27)30-24(3,4)5/h12-15,20H,7-11,16-17H2,1-6H3. The highest BCUT2D eigenvalue weighted by molar-refractivity contribution is 7.60. The summed E-state index contributed by atoms with van der Waals surface area (Å²) in [6.45, 7) is 10.9. The second kappa shape index (κ2) is 11.8. The smallest absolute Gasteiger partial charge is 0.319 e. The van der Waals surface area contributed by atoms with E-state index in [0.29, 0.717) is 12.2 Å². The molecule has 178 valence electrons. The Morgan fingerprint density at radius 2 is 1.78 bits per heavy atom. The zero-order valence-electron chi connectivity index (χ0n) is 20.2. The largest absolute Gasteiger partial charge is 0.459 e. The molecule has 2 rings (SSSR count). The van der Waals surface area contributed by atoms with E-state index >= 15 is 0 Å². The van der Waals surface area contributed by atoms with Crippen LogP contribution in [0.4, 0.5) is 0 Å². The highest BCUT2D eigenvalue weighted by Gasteiger charge is 2.40. The van der Waals surface area contributed by atoms with Gasteiger partial charge in [0.25, 0.3) is 0 Å². The van der Waals surface area contributed by atoms with Crippen molar-refractivity contribution >= 4 is 13.3 Å². The summed E-state index contributed by atoms with van der Waals surface area (Å²) in [6.07, 6.45) is 5.27. The molecule has 1 aromatic carbocycles. The number of rotatable bonds is 12. The lowest BCUT2D eigenvalue weighted by Gasteiger charge is -2.26. The van der Waals surface area contributed by atoms with E-state index < -0.39 is 24.6 Å². The molecule has 0 aliphatic carbocycles. The quantitative estimate of drug-likeness (QED) is 0.230. The second-order valence-corrected chi connectivity index (χ2v) is 11.8. The molecule has 1 heterocycles. The molecule has 1 aromatic heterocycles. The maximum absolute atomic E-state index is 13.1. The molecule has 7 nitrogen and oxygen atoms in total. The van der Waals surface area contributed by atoms with Crippen molar-refractivity contribution < 1.29 is 23.1 Å². The van der Waals surface area contributed by atoms with Crippen LogP contribution in [0.2, 0.25) is 0 Å². The first-order valence-corrected chi connectivity index (χ1v) is 13.5. The Morgan fingerprint density at radius 3 is 2.38 bits per heavy atom. The van der Waals surface area contributed by atoms with Gasteiger partial charge in [0, 0.05) is 19.5 Å². The van der Waals surface area contributed by atoms with Crippen molar-refractivity contribution in [2.75, 3.05) is 13.3 Å². The van der Waals surface area contributed by atoms with Gasteiger partial charge in [0.15, 0.2) is 5.82 Å². The first kappa shape index (κ1) is 26.3. The number of aromatic nitrogens is 2. The lowest BCUT2D eigenvalue weighted by atomic mass is 10.0. The van der Waals surface area contributed by atoms with Gasteiger partial charge in [-0.05, 0) is 51.7 Å². The second-order valence-electron chi connectivity index (χ2n) is 9.13. The first-order valence-electron chi connectivity index (χ1n) is 11.4. The van der Waals surface area contributed by atoms with Crippen LogP contribution in [-0.4, -0.2) is 40.6 Å². The molecule has 0 N–H and O–H groups in total. The van der Waals surface area contributed by atoms with Gasteiger partial charge < -0.3 is 13.8 Å². The number of hydrogen-bond donors (Lipinski definition) is 0. The Labute approximate surface area is 191 Å². The molecule has 0 saturated carbocycles. The Balaban J connectivity index is 2.08. The van der Waals surface area contributed by atoms with E-state index in [1.807, 2.05) is 0 Å². The molecule has 0 aliphatic rings. The molecule has 32 heavy (non-hydrogen) atoms. The minimum absolute atomic E-state index is 0.00601. The van der Waals surface area contributed by atoms with Gasteiger partial charge in [0.05, 0.1) is 6.61 Å². The summed E-state index contributed by atoms with van der Waals surface area (Å²) in [5, 5.41) is 4.04. The van der Waals surface area contributed by atoms with E-state index in [-0.39, 0.29) is 18.9 Å². The van der Waals surface area contributed by atoms with Gasteiger partial charge >= 0.3 is 5.97 Å². The van der Waals surface area contributed by atoms with Crippen LogP contribution >= 0.6 is 7.37 Å². The Hall–Kier alpha value is -1.98. The molecule has 0 saturated heterocycles. The van der Waals surface area contributed by atoms with Crippen molar-refractivity contribution in [3.63, 3.8) is 0 Å². The number of carbonyl (C=O) groups is 1. The number of esters is 1. The Bertz CT molecular complexity index is 902. The fraction of sp³-hybridized carbons (Fsp3) is 0.625. The number of ether oxygens (including phenoxy) is 1. The number of carbonyl (C=O) groups excluding carboxylic acids is 1. The van der Waals surface area contributed by atoms with Crippen LogP contribution in [0.3, 0.4) is 0 Å². The first-order chi connectivity index (χ1) is 15.0. The minimum atomic E-state index is -3.29. The average Bonchev–Trinajstić information content (AvgIpc) is 3.13. The van der Waals surface area contributed by atoms with Crippen molar-refractivity contribution in [3.8, 4) is 0 Å². The van der Waals surface area contributed by atoms with Crippen LogP contribution in [0, 0.1) is 0 Å². The predicted molar refractivity (Wildman–Crippen MR) is 125 cm³/mol. The van der Waals surface area contributed by atoms with Crippen molar-refractivity contribution in [1.82, 2.24) is 10.1 Å². The van der Waals surface area contributed by atoms with Gasteiger partial charge in [-0.2, -0.15) is 4.98 Å². The summed E-state index contributed by atoms with van der Waals surface area (Å²) < 4.78 is 29.3. The SMILES string of the molecule is CCCCCc1ccc(Cc2noc(CC(C(=O)OC(C)(C)C)P(C)(=O)OCC)n2)cc1. The van der Waals surface area contributed by atoms with Crippen LogP contribution in [0.15, 0.2) is 28.8 Å². The van der Waals surface area contributed by atoms with Gasteiger partial charge in [-0.1, -0.05) is 49.2 Å². The van der Waals surface area contributed by atoms with Crippen molar-refractivity contribution in [3.05, 3.63) is 47.1 Å². The topological polar surface area (TPSA) is 91.5 Å². The van der Waals surface area contributed by atoms with Crippen molar-refractivity contribution in [2.45, 2.75) is 84.4 Å². The molecule has 0 bridgehead atoms. The van der Waals surface area contributed by atoms with E-state index in [4.69, 9.17) is 13.8 Å². The van der Waals surface area contributed by atoms with Crippen LogP contribution < -0.4 is 0 Å². The van der Waals surface area contributed by atoms with E-state index in [1.165, 1.54) is 31.5 Å². The Morgan fingerprint density at radius 1 is 1.12 bits per heavy atom. The van der Waals surface area contributed by atoms with Gasteiger partial charge in [0.2, 0.25) is 13.3 Å². The zero-order chi connectivity index (χ0) is 23.8. The van der Waals surface area contributed by atoms with E-state index in [9.17, 15) is 9.36 Å². The number of unbranched alkanes of at least 4 members (excludes halogenated alkanes) is 2. The summed E-state index contributed by atoms with van der Waals surface area (Å²) in [7, 11) is -3.29. The number of benzene rings is 1. The normalized spacial score (nSPS) is 14.7. The van der Waals surface area contributed by atoms with Crippen molar-refractivity contribution in [1.29, 1.82) is 0 Å². The molecular weight excluding hydrogens is 427 g/mol. The molecule has 0 fully saturated rings. The summed E-state index contributed by atoms with van der Waals surface area (Å²) in [4.78, 5) is 17.2. The molecule has 2 unspecified atom stereocenters. The van der Waals surface area contributed by atoms with Gasteiger partial charge in [0.1, 0.15) is 11.3 Å². The predicted octanol–water partition coefficient (Wildman–Crippen LogP) is 5.59. The molecule has 8 heteroatoms. The lowest BCUT2D eigenvalue weighted by Crippen LogP contribution is -2.33. The summed E-state index contributed by atoms with van der Waals surface area (Å²) in [6, 6.07) is 8.44. The summed E-state index contributed by atoms with van der Waals surface area (Å²) in [5.41, 5.74) is 0.698.